The SMILES string of the molecule is COc1cccc(N(CC(=O)Nc2c(C)cc(C)cc2Cl)C(C)=O)c1. The van der Waals surface area contributed by atoms with Crippen LogP contribution in [0.15, 0.2) is 36.4 Å². The molecule has 0 unspecified atom stereocenters. The molecule has 0 aliphatic heterocycles. The summed E-state index contributed by atoms with van der Waals surface area (Å²) in [4.78, 5) is 25.8. The zero-order valence-electron chi connectivity index (χ0n) is 14.7. The lowest BCUT2D eigenvalue weighted by Gasteiger charge is -2.21. The van der Waals surface area contributed by atoms with Crippen LogP contribution in [0.2, 0.25) is 5.02 Å². The number of ether oxygens (including phenoxy) is 1. The number of hydrogen-bond acceptors (Lipinski definition) is 3. The summed E-state index contributed by atoms with van der Waals surface area (Å²) in [5, 5.41) is 3.27. The molecule has 2 aromatic carbocycles. The minimum Gasteiger partial charge on any atom is -0.497 e. The number of aryl methyl sites for hydroxylation is 2. The molecule has 0 heterocycles. The van der Waals surface area contributed by atoms with Gasteiger partial charge in [0, 0.05) is 18.7 Å². The van der Waals surface area contributed by atoms with Gasteiger partial charge < -0.3 is 15.0 Å². The molecule has 0 bridgehead atoms. The second-order valence-corrected chi connectivity index (χ2v) is 6.20. The predicted molar refractivity (Wildman–Crippen MR) is 101 cm³/mol. The minimum atomic E-state index is -0.327. The van der Waals surface area contributed by atoms with Crippen LogP contribution in [-0.4, -0.2) is 25.5 Å². The number of halogens is 1. The number of methoxy groups -OCH3 is 1. The monoisotopic (exact) mass is 360 g/mol. The van der Waals surface area contributed by atoms with Crippen molar-refractivity contribution in [3.63, 3.8) is 0 Å². The third kappa shape index (κ3) is 4.73. The highest BCUT2D eigenvalue weighted by Crippen LogP contribution is 2.27. The molecule has 0 aliphatic rings. The van der Waals surface area contributed by atoms with Crippen molar-refractivity contribution in [3.05, 3.63) is 52.5 Å². The molecule has 0 radical (unpaired) electrons. The molecule has 25 heavy (non-hydrogen) atoms. The number of rotatable bonds is 5. The quantitative estimate of drug-likeness (QED) is 0.878. The van der Waals surface area contributed by atoms with Crippen molar-refractivity contribution >= 4 is 34.8 Å². The molecule has 0 saturated heterocycles. The molecule has 0 spiro atoms. The molecule has 0 atom stereocenters. The largest absolute Gasteiger partial charge is 0.497 e. The molecule has 2 rings (SSSR count). The van der Waals surface area contributed by atoms with Gasteiger partial charge in [-0.05, 0) is 43.2 Å². The van der Waals surface area contributed by atoms with Gasteiger partial charge in [0.05, 0.1) is 17.8 Å². The van der Waals surface area contributed by atoms with Crippen molar-refractivity contribution in [3.8, 4) is 5.75 Å². The molecule has 132 valence electrons. The molecular formula is C19H21ClN2O3. The number of amides is 2. The molecule has 2 aromatic rings. The summed E-state index contributed by atoms with van der Waals surface area (Å²) < 4.78 is 5.17. The first-order valence-electron chi connectivity index (χ1n) is 7.80. The highest BCUT2D eigenvalue weighted by Gasteiger charge is 2.18. The standard InChI is InChI=1S/C19H21ClN2O3/c1-12-8-13(2)19(17(20)9-12)21-18(24)11-22(14(3)23)15-6-5-7-16(10-15)25-4/h5-10H,11H2,1-4H3,(H,21,24). The van der Waals surface area contributed by atoms with Crippen LogP contribution >= 0.6 is 11.6 Å². The summed E-state index contributed by atoms with van der Waals surface area (Å²) in [5.74, 6) is 0.0450. The summed E-state index contributed by atoms with van der Waals surface area (Å²) >= 11 is 6.22. The van der Waals surface area contributed by atoms with E-state index >= 15 is 0 Å². The van der Waals surface area contributed by atoms with E-state index in [1.54, 1.807) is 37.4 Å². The van der Waals surface area contributed by atoms with Gasteiger partial charge in [0.25, 0.3) is 0 Å². The number of anilines is 2. The number of hydrogen-bond donors (Lipinski definition) is 1. The van der Waals surface area contributed by atoms with Gasteiger partial charge in [-0.3, -0.25) is 9.59 Å². The van der Waals surface area contributed by atoms with Crippen LogP contribution < -0.4 is 15.0 Å². The van der Waals surface area contributed by atoms with Gasteiger partial charge in [-0.15, -0.1) is 0 Å². The number of carbonyl (C=O) groups is 2. The lowest BCUT2D eigenvalue weighted by atomic mass is 10.1. The zero-order valence-corrected chi connectivity index (χ0v) is 15.5. The normalized spacial score (nSPS) is 10.3. The fraction of sp³-hybridized carbons (Fsp3) is 0.263. The Morgan fingerprint density at radius 3 is 2.52 bits per heavy atom. The smallest absolute Gasteiger partial charge is 0.244 e. The van der Waals surface area contributed by atoms with Crippen molar-refractivity contribution in [2.45, 2.75) is 20.8 Å². The van der Waals surface area contributed by atoms with Gasteiger partial charge in [-0.2, -0.15) is 0 Å². The van der Waals surface area contributed by atoms with Crippen molar-refractivity contribution in [1.29, 1.82) is 0 Å². The third-order valence-corrected chi connectivity index (χ3v) is 4.04. The highest BCUT2D eigenvalue weighted by atomic mass is 35.5. The molecule has 1 N–H and O–H groups in total. The number of carbonyl (C=O) groups excluding carboxylic acids is 2. The van der Waals surface area contributed by atoms with Gasteiger partial charge in [0.1, 0.15) is 12.3 Å². The minimum absolute atomic E-state index is 0.119. The van der Waals surface area contributed by atoms with E-state index in [4.69, 9.17) is 16.3 Å². The first-order chi connectivity index (χ1) is 11.8. The Bertz CT molecular complexity index is 782. The van der Waals surface area contributed by atoms with Crippen molar-refractivity contribution in [2.75, 3.05) is 23.9 Å². The Kier molecular flexibility index (Phi) is 6.04. The fourth-order valence-corrected chi connectivity index (χ4v) is 2.93. The Hall–Kier alpha value is -2.53. The molecular weight excluding hydrogens is 340 g/mol. The summed E-state index contributed by atoms with van der Waals surface area (Å²) in [6.07, 6.45) is 0. The van der Waals surface area contributed by atoms with Gasteiger partial charge in [-0.1, -0.05) is 23.7 Å². The lowest BCUT2D eigenvalue weighted by Crippen LogP contribution is -2.36. The highest BCUT2D eigenvalue weighted by molar-refractivity contribution is 6.34. The van der Waals surface area contributed by atoms with Crippen molar-refractivity contribution < 1.29 is 14.3 Å². The maximum atomic E-state index is 12.4. The molecule has 0 aliphatic carbocycles. The second-order valence-electron chi connectivity index (χ2n) is 5.79. The first kappa shape index (κ1) is 18.8. The van der Waals surface area contributed by atoms with Gasteiger partial charge in [-0.25, -0.2) is 0 Å². The van der Waals surface area contributed by atoms with E-state index in [1.165, 1.54) is 11.8 Å². The van der Waals surface area contributed by atoms with Crippen LogP contribution in [0.3, 0.4) is 0 Å². The molecule has 2 amide bonds. The van der Waals surface area contributed by atoms with Crippen LogP contribution in [0.1, 0.15) is 18.1 Å². The van der Waals surface area contributed by atoms with Crippen LogP contribution in [-0.2, 0) is 9.59 Å². The summed E-state index contributed by atoms with van der Waals surface area (Å²) in [5.41, 5.74) is 3.04. The Morgan fingerprint density at radius 2 is 1.92 bits per heavy atom. The van der Waals surface area contributed by atoms with E-state index in [-0.39, 0.29) is 18.4 Å². The lowest BCUT2D eigenvalue weighted by molar-refractivity contribution is -0.120. The fourth-order valence-electron chi connectivity index (χ4n) is 2.56. The Labute approximate surface area is 152 Å². The number of benzene rings is 2. The van der Waals surface area contributed by atoms with E-state index in [1.807, 2.05) is 19.9 Å². The molecule has 0 aromatic heterocycles. The maximum Gasteiger partial charge on any atom is 0.244 e. The van der Waals surface area contributed by atoms with Crippen LogP contribution in [0.4, 0.5) is 11.4 Å². The van der Waals surface area contributed by atoms with E-state index in [9.17, 15) is 9.59 Å². The summed E-state index contributed by atoms with van der Waals surface area (Å²) in [6.45, 7) is 5.10. The van der Waals surface area contributed by atoms with Crippen LogP contribution in [0.5, 0.6) is 5.75 Å². The van der Waals surface area contributed by atoms with Crippen LogP contribution in [0.25, 0.3) is 0 Å². The van der Waals surface area contributed by atoms with Gasteiger partial charge in [0.15, 0.2) is 0 Å². The topological polar surface area (TPSA) is 58.6 Å². The average molecular weight is 361 g/mol. The van der Waals surface area contributed by atoms with Crippen molar-refractivity contribution in [2.24, 2.45) is 0 Å². The maximum absolute atomic E-state index is 12.4. The van der Waals surface area contributed by atoms with Crippen molar-refractivity contribution in [1.82, 2.24) is 0 Å². The van der Waals surface area contributed by atoms with E-state index < -0.39 is 0 Å². The molecule has 0 saturated carbocycles. The molecule has 0 fully saturated rings. The van der Waals surface area contributed by atoms with E-state index in [0.717, 1.165) is 11.1 Å². The summed E-state index contributed by atoms with van der Waals surface area (Å²) in [6, 6.07) is 10.7. The number of nitrogens with one attached hydrogen (secondary N) is 1. The van der Waals surface area contributed by atoms with E-state index in [0.29, 0.717) is 22.1 Å². The van der Waals surface area contributed by atoms with Crippen LogP contribution in [0, 0.1) is 13.8 Å². The third-order valence-electron chi connectivity index (χ3n) is 3.74. The average Bonchev–Trinajstić information content (AvgIpc) is 2.55. The summed E-state index contributed by atoms with van der Waals surface area (Å²) in [7, 11) is 1.55. The first-order valence-corrected chi connectivity index (χ1v) is 8.18. The number of nitrogens with zero attached hydrogens (tertiary/aromatic N) is 1. The Balaban J connectivity index is 2.20. The zero-order chi connectivity index (χ0) is 18.6. The molecule has 5 nitrogen and oxygen atoms in total. The van der Waals surface area contributed by atoms with Gasteiger partial charge >= 0.3 is 0 Å². The predicted octanol–water partition coefficient (Wildman–Crippen LogP) is 3.96. The Morgan fingerprint density at radius 1 is 1.20 bits per heavy atom. The van der Waals surface area contributed by atoms with Gasteiger partial charge in [0.2, 0.25) is 11.8 Å². The second kappa shape index (κ2) is 8.03. The molecule has 6 heteroatoms. The van der Waals surface area contributed by atoms with E-state index in [2.05, 4.69) is 5.32 Å².